The summed E-state index contributed by atoms with van der Waals surface area (Å²) in [7, 11) is -4.49. The van der Waals surface area contributed by atoms with E-state index in [4.69, 9.17) is 5.14 Å². The van der Waals surface area contributed by atoms with Gasteiger partial charge in [-0.05, 0) is 31.5 Å². The van der Waals surface area contributed by atoms with Gasteiger partial charge in [-0.25, -0.2) is 13.6 Å². The van der Waals surface area contributed by atoms with Crippen LogP contribution in [-0.4, -0.2) is 30.7 Å². The van der Waals surface area contributed by atoms with Crippen LogP contribution >= 0.6 is 0 Å². The molecule has 0 spiro atoms. The second-order valence-electron chi connectivity index (χ2n) is 4.64. The Hall–Kier alpha value is -0.760. The number of hydrogen-bond donors (Lipinski definition) is 2. The van der Waals surface area contributed by atoms with Gasteiger partial charge in [-0.1, -0.05) is 12.1 Å². The van der Waals surface area contributed by atoms with E-state index in [0.29, 0.717) is 5.75 Å². The van der Waals surface area contributed by atoms with Crippen molar-refractivity contribution in [2.24, 2.45) is 5.14 Å². The van der Waals surface area contributed by atoms with Gasteiger partial charge in [-0.3, -0.25) is 4.21 Å². The topological polar surface area (TPSA) is 89.3 Å². The first-order valence-corrected chi connectivity index (χ1v) is 9.16. The molecule has 1 rings (SSSR count). The van der Waals surface area contributed by atoms with Crippen LogP contribution in [0.1, 0.15) is 25.5 Å². The lowest BCUT2D eigenvalue weighted by atomic mass is 10.1. The highest BCUT2D eigenvalue weighted by molar-refractivity contribution is 7.89. The van der Waals surface area contributed by atoms with E-state index in [1.807, 2.05) is 13.8 Å². The van der Waals surface area contributed by atoms with E-state index < -0.39 is 20.8 Å². The van der Waals surface area contributed by atoms with E-state index in [0.717, 1.165) is 5.56 Å². The molecule has 0 amide bonds. The van der Waals surface area contributed by atoms with Crippen LogP contribution in [0.25, 0.3) is 0 Å². The fourth-order valence-electron chi connectivity index (χ4n) is 1.87. The molecule has 0 saturated carbocycles. The second-order valence-corrected chi connectivity index (χ2v) is 7.68. The summed E-state index contributed by atoms with van der Waals surface area (Å²) in [6.45, 7) is 3.94. The van der Waals surface area contributed by atoms with Crippen molar-refractivity contribution >= 4 is 20.8 Å². The van der Waals surface area contributed by atoms with E-state index in [2.05, 4.69) is 5.32 Å². The fourth-order valence-corrected chi connectivity index (χ4v) is 3.19. The van der Waals surface area contributed by atoms with E-state index in [1.165, 1.54) is 12.1 Å². The van der Waals surface area contributed by atoms with Gasteiger partial charge in [0.05, 0.1) is 4.90 Å². The predicted octanol–water partition coefficient (Wildman–Crippen LogP) is 0.752. The highest BCUT2D eigenvalue weighted by Crippen LogP contribution is 2.16. The summed E-state index contributed by atoms with van der Waals surface area (Å²) >= 11 is 0. The van der Waals surface area contributed by atoms with Crippen molar-refractivity contribution < 1.29 is 12.6 Å². The third-order valence-corrected chi connectivity index (χ3v) is 4.63. The number of nitrogens with one attached hydrogen (secondary N) is 1. The second kappa shape index (κ2) is 6.60. The molecule has 0 bridgehead atoms. The van der Waals surface area contributed by atoms with Crippen LogP contribution in [0.4, 0.5) is 0 Å². The largest absolute Gasteiger partial charge is 0.307 e. The molecule has 0 radical (unpaired) electrons. The maximum absolute atomic E-state index is 11.1. The first kappa shape index (κ1) is 16.3. The molecule has 3 unspecified atom stereocenters. The van der Waals surface area contributed by atoms with Gasteiger partial charge in [0.15, 0.2) is 0 Å². The molecule has 7 heteroatoms. The Labute approximate surface area is 117 Å². The summed E-state index contributed by atoms with van der Waals surface area (Å²) in [5.74, 6) is 0.583. The monoisotopic (exact) mass is 304 g/mol. The van der Waals surface area contributed by atoms with Crippen LogP contribution in [0.5, 0.6) is 0 Å². The molecular weight excluding hydrogens is 284 g/mol. The van der Waals surface area contributed by atoms with E-state index in [1.54, 1.807) is 18.4 Å². The average Bonchev–Trinajstić information content (AvgIpc) is 2.26. The quantitative estimate of drug-likeness (QED) is 0.811. The minimum absolute atomic E-state index is 0.0491. The number of nitrogens with two attached hydrogens (primary N) is 1. The van der Waals surface area contributed by atoms with Gasteiger partial charge in [0.2, 0.25) is 10.0 Å². The zero-order valence-corrected chi connectivity index (χ0v) is 12.9. The molecule has 0 aliphatic carbocycles. The third-order valence-electron chi connectivity index (χ3n) is 2.73. The lowest BCUT2D eigenvalue weighted by Crippen LogP contribution is -2.33. The lowest BCUT2D eigenvalue weighted by molar-refractivity contribution is 0.508. The Balaban J connectivity index is 2.73. The summed E-state index contributed by atoms with van der Waals surface area (Å²) in [6, 6.07) is 6.61. The van der Waals surface area contributed by atoms with Gasteiger partial charge in [0.25, 0.3) is 0 Å². The summed E-state index contributed by atoms with van der Waals surface area (Å²) in [5, 5.41) is 8.35. The minimum atomic E-state index is -3.64. The number of sulfonamides is 1. The van der Waals surface area contributed by atoms with E-state index in [9.17, 15) is 12.6 Å². The molecule has 3 N–H and O–H groups in total. The lowest BCUT2D eigenvalue weighted by Gasteiger charge is -2.19. The molecule has 1 aromatic carbocycles. The Morgan fingerprint density at radius 2 is 1.79 bits per heavy atom. The van der Waals surface area contributed by atoms with Gasteiger partial charge >= 0.3 is 0 Å². The van der Waals surface area contributed by atoms with Crippen molar-refractivity contribution in [3.05, 3.63) is 29.8 Å². The average molecular weight is 304 g/mol. The fraction of sp³-hybridized carbons (Fsp3) is 0.500. The molecule has 108 valence electrons. The maximum Gasteiger partial charge on any atom is 0.238 e. The number of rotatable bonds is 6. The highest BCUT2D eigenvalue weighted by atomic mass is 32.2. The molecular formula is C12H20N2O3S2. The van der Waals surface area contributed by atoms with Crippen LogP contribution in [0.15, 0.2) is 29.2 Å². The van der Waals surface area contributed by atoms with Gasteiger partial charge < -0.3 is 5.32 Å². The van der Waals surface area contributed by atoms with Crippen LogP contribution in [0.2, 0.25) is 0 Å². The first-order chi connectivity index (χ1) is 8.70. The number of primary sulfonamides is 1. The Morgan fingerprint density at radius 1 is 1.26 bits per heavy atom. The summed E-state index contributed by atoms with van der Waals surface area (Å²) in [5.41, 5.74) is 0.959. The van der Waals surface area contributed by atoms with Crippen LogP contribution in [-0.2, 0) is 20.8 Å². The zero-order chi connectivity index (χ0) is 14.6. The van der Waals surface area contributed by atoms with Gasteiger partial charge in [0, 0.05) is 34.9 Å². The normalized spacial score (nSPS) is 16.8. The molecule has 0 saturated heterocycles. The zero-order valence-electron chi connectivity index (χ0n) is 11.3. The Kier molecular flexibility index (Phi) is 5.66. The van der Waals surface area contributed by atoms with Crippen molar-refractivity contribution in [3.8, 4) is 0 Å². The van der Waals surface area contributed by atoms with Crippen molar-refractivity contribution in [2.75, 3.05) is 12.0 Å². The molecule has 5 nitrogen and oxygen atoms in total. The summed E-state index contributed by atoms with van der Waals surface area (Å²) in [4.78, 5) is 0.103. The highest BCUT2D eigenvalue weighted by Gasteiger charge is 2.12. The van der Waals surface area contributed by atoms with Crippen LogP contribution in [0.3, 0.4) is 0 Å². The molecule has 0 heterocycles. The predicted molar refractivity (Wildman–Crippen MR) is 77.8 cm³/mol. The Morgan fingerprint density at radius 3 is 2.21 bits per heavy atom. The Bertz CT molecular complexity index is 541. The van der Waals surface area contributed by atoms with Crippen molar-refractivity contribution in [1.29, 1.82) is 0 Å². The standard InChI is InChI=1S/C12H20N2O3S2/c1-9(8-18(3)15)14-10(2)11-4-6-12(7-5-11)19(13,16)17/h4-7,9-10,14H,8H2,1-3H3,(H2,13,16,17). The van der Waals surface area contributed by atoms with Gasteiger partial charge in [0.1, 0.15) is 0 Å². The van der Waals surface area contributed by atoms with E-state index in [-0.39, 0.29) is 17.0 Å². The molecule has 19 heavy (non-hydrogen) atoms. The van der Waals surface area contributed by atoms with Crippen molar-refractivity contribution in [1.82, 2.24) is 5.32 Å². The number of benzene rings is 1. The van der Waals surface area contributed by atoms with Crippen LogP contribution in [0, 0.1) is 0 Å². The SMILES string of the molecule is CC(CS(C)=O)NC(C)c1ccc(S(N)(=O)=O)cc1. The van der Waals surface area contributed by atoms with E-state index >= 15 is 0 Å². The first-order valence-electron chi connectivity index (χ1n) is 5.89. The van der Waals surface area contributed by atoms with Gasteiger partial charge in [-0.2, -0.15) is 0 Å². The summed E-state index contributed by atoms with van der Waals surface area (Å²) in [6.07, 6.45) is 1.67. The van der Waals surface area contributed by atoms with Crippen molar-refractivity contribution in [3.63, 3.8) is 0 Å². The molecule has 0 aliphatic rings. The molecule has 0 fully saturated rings. The van der Waals surface area contributed by atoms with Crippen molar-refractivity contribution in [2.45, 2.75) is 30.8 Å². The number of hydrogen-bond acceptors (Lipinski definition) is 4. The molecule has 1 aromatic rings. The maximum atomic E-state index is 11.1. The molecule has 3 atom stereocenters. The van der Waals surface area contributed by atoms with Crippen LogP contribution < -0.4 is 10.5 Å². The van der Waals surface area contributed by atoms with Gasteiger partial charge in [-0.15, -0.1) is 0 Å². The molecule has 0 aliphatic heterocycles. The molecule has 0 aromatic heterocycles. The minimum Gasteiger partial charge on any atom is -0.307 e. The summed E-state index contributed by atoms with van der Waals surface area (Å²) < 4.78 is 33.4. The third kappa shape index (κ3) is 5.40. The smallest absolute Gasteiger partial charge is 0.238 e.